The molecule has 0 spiro atoms. The summed E-state index contributed by atoms with van der Waals surface area (Å²) in [6, 6.07) is 7.85. The number of carbonyl (C=O) groups is 1. The number of benzene rings is 1. The first kappa shape index (κ1) is 10.3. The van der Waals surface area contributed by atoms with Crippen molar-refractivity contribution in [1.82, 2.24) is 5.32 Å². The summed E-state index contributed by atoms with van der Waals surface area (Å²) in [4.78, 5) is 10.9. The van der Waals surface area contributed by atoms with Crippen LogP contribution in [0.2, 0.25) is 0 Å². The largest absolute Gasteiger partial charge is 0.384 e. The highest BCUT2D eigenvalue weighted by Crippen LogP contribution is 2.07. The number of hydrogen-bond donors (Lipinski definition) is 2. The number of rotatable bonds is 3. The van der Waals surface area contributed by atoms with Crippen molar-refractivity contribution in [3.8, 4) is 0 Å². The Balaban J connectivity index is 3.00. The molecule has 0 radical (unpaired) electrons. The van der Waals surface area contributed by atoms with Crippen molar-refractivity contribution in [1.29, 1.82) is 0 Å². The van der Waals surface area contributed by atoms with Gasteiger partial charge in [-0.05, 0) is 18.6 Å². The molecule has 0 saturated carbocycles. The van der Waals surface area contributed by atoms with Gasteiger partial charge in [0.05, 0.1) is 5.70 Å². The SMILES string of the molecule is CN/C(=C\c1cccc(C)c1)C(N)=O. The Kier molecular flexibility index (Phi) is 3.29. The maximum Gasteiger partial charge on any atom is 0.264 e. The third-order valence-corrected chi connectivity index (χ3v) is 1.89. The Hall–Kier alpha value is -1.77. The van der Waals surface area contributed by atoms with E-state index in [1.54, 1.807) is 13.1 Å². The minimum Gasteiger partial charge on any atom is -0.384 e. The minimum absolute atomic E-state index is 0.413. The molecule has 0 heterocycles. The molecule has 1 aromatic rings. The molecular weight excluding hydrogens is 176 g/mol. The quantitative estimate of drug-likeness (QED) is 0.700. The molecule has 0 fully saturated rings. The molecule has 0 bridgehead atoms. The Labute approximate surface area is 83.6 Å². The Morgan fingerprint density at radius 1 is 1.50 bits per heavy atom. The average Bonchev–Trinajstić information content (AvgIpc) is 2.14. The lowest BCUT2D eigenvalue weighted by molar-refractivity contribution is -0.114. The smallest absolute Gasteiger partial charge is 0.264 e. The summed E-state index contributed by atoms with van der Waals surface area (Å²) in [5, 5.41) is 2.76. The molecule has 0 unspecified atom stereocenters. The van der Waals surface area contributed by atoms with E-state index in [-0.39, 0.29) is 0 Å². The molecule has 74 valence electrons. The van der Waals surface area contributed by atoms with Gasteiger partial charge in [0.25, 0.3) is 5.91 Å². The molecule has 14 heavy (non-hydrogen) atoms. The van der Waals surface area contributed by atoms with Crippen LogP contribution < -0.4 is 11.1 Å². The average molecular weight is 190 g/mol. The standard InChI is InChI=1S/C11H14N2O/c1-8-4-3-5-9(6-8)7-10(13-2)11(12)14/h3-7,13H,1-2H3,(H2,12,14)/b10-7-. The molecule has 0 aliphatic rings. The lowest BCUT2D eigenvalue weighted by Crippen LogP contribution is -2.23. The van der Waals surface area contributed by atoms with Gasteiger partial charge < -0.3 is 11.1 Å². The molecule has 0 saturated heterocycles. The number of aryl methyl sites for hydroxylation is 1. The Bertz CT molecular complexity index is 369. The van der Waals surface area contributed by atoms with Crippen LogP contribution in [0.15, 0.2) is 30.0 Å². The van der Waals surface area contributed by atoms with E-state index in [0.29, 0.717) is 5.70 Å². The third-order valence-electron chi connectivity index (χ3n) is 1.89. The van der Waals surface area contributed by atoms with Gasteiger partial charge in [0.2, 0.25) is 0 Å². The van der Waals surface area contributed by atoms with Gasteiger partial charge in [0.1, 0.15) is 0 Å². The van der Waals surface area contributed by atoms with Crippen LogP contribution >= 0.6 is 0 Å². The molecule has 1 aromatic carbocycles. The first-order valence-electron chi connectivity index (χ1n) is 4.39. The summed E-state index contributed by atoms with van der Waals surface area (Å²) >= 11 is 0. The Morgan fingerprint density at radius 3 is 2.71 bits per heavy atom. The maximum absolute atomic E-state index is 10.9. The predicted octanol–water partition coefficient (Wildman–Crippen LogP) is 1.04. The highest BCUT2D eigenvalue weighted by atomic mass is 16.1. The molecule has 0 aromatic heterocycles. The summed E-state index contributed by atoms with van der Waals surface area (Å²) in [6.07, 6.45) is 1.73. The lowest BCUT2D eigenvalue weighted by atomic mass is 10.1. The van der Waals surface area contributed by atoms with Crippen LogP contribution in [0.1, 0.15) is 11.1 Å². The fourth-order valence-electron chi connectivity index (χ4n) is 1.19. The highest BCUT2D eigenvalue weighted by molar-refractivity contribution is 5.95. The van der Waals surface area contributed by atoms with E-state index >= 15 is 0 Å². The van der Waals surface area contributed by atoms with E-state index < -0.39 is 5.91 Å². The van der Waals surface area contributed by atoms with Crippen LogP contribution in [0.25, 0.3) is 6.08 Å². The van der Waals surface area contributed by atoms with Gasteiger partial charge in [-0.1, -0.05) is 29.8 Å². The van der Waals surface area contributed by atoms with Gasteiger partial charge in [0, 0.05) is 7.05 Å². The lowest BCUT2D eigenvalue weighted by Gasteiger charge is -2.02. The van der Waals surface area contributed by atoms with Crippen molar-refractivity contribution in [2.45, 2.75) is 6.92 Å². The third kappa shape index (κ3) is 2.62. The van der Waals surface area contributed by atoms with E-state index in [4.69, 9.17) is 5.73 Å². The molecule has 3 nitrogen and oxygen atoms in total. The fourth-order valence-corrected chi connectivity index (χ4v) is 1.19. The Morgan fingerprint density at radius 2 is 2.21 bits per heavy atom. The summed E-state index contributed by atoms with van der Waals surface area (Å²) in [5.74, 6) is -0.450. The van der Waals surface area contributed by atoms with E-state index in [1.165, 1.54) is 0 Å². The maximum atomic E-state index is 10.9. The van der Waals surface area contributed by atoms with Gasteiger partial charge in [-0.3, -0.25) is 4.79 Å². The first-order valence-corrected chi connectivity index (χ1v) is 4.39. The number of nitrogens with one attached hydrogen (secondary N) is 1. The number of likely N-dealkylation sites (N-methyl/N-ethyl adjacent to an activating group) is 1. The van der Waals surface area contributed by atoms with Gasteiger partial charge in [-0.2, -0.15) is 0 Å². The number of hydrogen-bond acceptors (Lipinski definition) is 2. The van der Waals surface area contributed by atoms with Gasteiger partial charge >= 0.3 is 0 Å². The molecule has 3 N–H and O–H groups in total. The zero-order chi connectivity index (χ0) is 10.6. The molecule has 1 amide bonds. The topological polar surface area (TPSA) is 55.1 Å². The number of carbonyl (C=O) groups excluding carboxylic acids is 1. The predicted molar refractivity (Wildman–Crippen MR) is 57.4 cm³/mol. The number of primary amides is 1. The first-order chi connectivity index (χ1) is 6.63. The van der Waals surface area contributed by atoms with Crippen molar-refractivity contribution < 1.29 is 4.79 Å². The molecule has 0 aliphatic carbocycles. The van der Waals surface area contributed by atoms with E-state index in [2.05, 4.69) is 5.32 Å². The molecular formula is C11H14N2O. The summed E-state index contributed by atoms with van der Waals surface area (Å²) in [7, 11) is 1.67. The number of nitrogens with two attached hydrogens (primary N) is 1. The summed E-state index contributed by atoms with van der Waals surface area (Å²) in [5.41, 5.74) is 7.69. The van der Waals surface area contributed by atoms with Crippen molar-refractivity contribution in [2.75, 3.05) is 7.05 Å². The number of amides is 1. The van der Waals surface area contributed by atoms with Gasteiger partial charge in [-0.15, -0.1) is 0 Å². The summed E-state index contributed by atoms with van der Waals surface area (Å²) < 4.78 is 0. The molecule has 0 aliphatic heterocycles. The van der Waals surface area contributed by atoms with Crippen LogP contribution in [-0.4, -0.2) is 13.0 Å². The summed E-state index contributed by atoms with van der Waals surface area (Å²) in [6.45, 7) is 2.00. The van der Waals surface area contributed by atoms with E-state index in [1.807, 2.05) is 31.2 Å². The highest BCUT2D eigenvalue weighted by Gasteiger charge is 2.00. The second-order valence-corrected chi connectivity index (χ2v) is 3.09. The second kappa shape index (κ2) is 4.46. The van der Waals surface area contributed by atoms with Crippen molar-refractivity contribution in [3.05, 3.63) is 41.1 Å². The van der Waals surface area contributed by atoms with Crippen molar-refractivity contribution in [2.24, 2.45) is 5.73 Å². The van der Waals surface area contributed by atoms with E-state index in [9.17, 15) is 4.79 Å². The normalized spacial score (nSPS) is 11.1. The fraction of sp³-hybridized carbons (Fsp3) is 0.182. The van der Waals surface area contributed by atoms with Gasteiger partial charge in [-0.25, -0.2) is 0 Å². The molecule has 3 heteroatoms. The second-order valence-electron chi connectivity index (χ2n) is 3.09. The van der Waals surface area contributed by atoms with Crippen LogP contribution in [0.3, 0.4) is 0 Å². The zero-order valence-electron chi connectivity index (χ0n) is 8.37. The van der Waals surface area contributed by atoms with Crippen molar-refractivity contribution >= 4 is 12.0 Å². The van der Waals surface area contributed by atoms with E-state index in [0.717, 1.165) is 11.1 Å². The zero-order valence-corrected chi connectivity index (χ0v) is 8.37. The molecule has 0 atom stereocenters. The van der Waals surface area contributed by atoms with Crippen LogP contribution in [0, 0.1) is 6.92 Å². The van der Waals surface area contributed by atoms with Crippen LogP contribution in [0.5, 0.6) is 0 Å². The molecule has 1 rings (SSSR count). The van der Waals surface area contributed by atoms with Gasteiger partial charge in [0.15, 0.2) is 0 Å². The van der Waals surface area contributed by atoms with Crippen molar-refractivity contribution in [3.63, 3.8) is 0 Å². The van der Waals surface area contributed by atoms with Crippen LogP contribution in [0.4, 0.5) is 0 Å². The minimum atomic E-state index is -0.450. The monoisotopic (exact) mass is 190 g/mol. The van der Waals surface area contributed by atoms with Crippen LogP contribution in [-0.2, 0) is 4.79 Å².